The van der Waals surface area contributed by atoms with Gasteiger partial charge in [0.15, 0.2) is 0 Å². The zero-order chi connectivity index (χ0) is 15.1. The van der Waals surface area contributed by atoms with E-state index in [-0.39, 0.29) is 6.19 Å². The van der Waals surface area contributed by atoms with E-state index in [1.807, 2.05) is 0 Å². The molecule has 108 valence electrons. The van der Waals surface area contributed by atoms with Gasteiger partial charge in [-0.05, 0) is 0 Å². The molecule has 0 fully saturated rings. The van der Waals surface area contributed by atoms with Gasteiger partial charge in [-0.3, -0.25) is 0 Å². The van der Waals surface area contributed by atoms with E-state index < -0.39 is 16.6 Å². The second kappa shape index (κ2) is 5.81. The molecule has 0 nitrogen and oxygen atoms in total. The molecule has 0 radical (unpaired) electrons. The standard InChI is InChI=1S/C13H9.C5H5.C2H6Si.Ti/c1-3-7-12-10(5-1)9-11-6-2-4-8-13(11)12;1-2-4-5-3-1;1-3-2;/h1-9H;1-3H,4H2;1-2H3;. The number of allylic oxidation sites excluding steroid dienone is 4. The average Bonchev–Trinajstić information content (AvgIpc) is 3.16. The van der Waals surface area contributed by atoms with Gasteiger partial charge in [0.25, 0.3) is 0 Å². The van der Waals surface area contributed by atoms with Crippen LogP contribution < -0.4 is 0 Å². The maximum atomic E-state index is 2.54. The average molecular weight is 336 g/mol. The molecule has 0 spiro atoms. The van der Waals surface area contributed by atoms with Gasteiger partial charge in [-0.25, -0.2) is 0 Å². The second-order valence-corrected chi connectivity index (χ2v) is 18.4. The molecule has 0 saturated carbocycles. The summed E-state index contributed by atoms with van der Waals surface area (Å²) in [6.45, 7) is 5.09. The molecule has 2 heteroatoms. The van der Waals surface area contributed by atoms with Gasteiger partial charge in [0.1, 0.15) is 0 Å². The predicted molar refractivity (Wildman–Crippen MR) is 93.0 cm³/mol. The molecule has 0 aromatic heterocycles. The Morgan fingerprint density at radius 2 is 1.50 bits per heavy atom. The van der Waals surface area contributed by atoms with E-state index in [1.54, 1.807) is 15.0 Å². The summed E-state index contributed by atoms with van der Waals surface area (Å²) >= 11 is -1.32. The van der Waals surface area contributed by atoms with Crippen LogP contribution in [-0.4, -0.2) is 6.19 Å². The molecule has 0 N–H and O–H groups in total. The number of hydrogen-bond acceptors (Lipinski definition) is 0. The third-order valence-corrected chi connectivity index (χ3v) is 16.9. The van der Waals surface area contributed by atoms with Crippen molar-refractivity contribution in [3.63, 3.8) is 0 Å². The van der Waals surface area contributed by atoms with Crippen molar-refractivity contribution in [2.45, 2.75) is 23.7 Å². The normalized spacial score (nSPS) is 15.5. The van der Waals surface area contributed by atoms with Gasteiger partial charge in [-0.15, -0.1) is 0 Å². The Morgan fingerprint density at radius 3 is 2.00 bits per heavy atom. The van der Waals surface area contributed by atoms with Crippen molar-refractivity contribution in [3.05, 3.63) is 81.8 Å². The van der Waals surface area contributed by atoms with E-state index in [9.17, 15) is 0 Å². The second-order valence-electron chi connectivity index (χ2n) is 6.35. The van der Waals surface area contributed by atoms with Crippen molar-refractivity contribution in [1.29, 1.82) is 0 Å². The Balaban J connectivity index is 1.97. The summed E-state index contributed by atoms with van der Waals surface area (Å²) in [5, 5.41) is 0. The van der Waals surface area contributed by atoms with Crippen LogP contribution in [0.1, 0.15) is 21.8 Å². The first-order valence-electron chi connectivity index (χ1n) is 7.99. The molecular weight excluding hydrogens is 316 g/mol. The zero-order valence-electron chi connectivity index (χ0n) is 13.1. The van der Waals surface area contributed by atoms with Gasteiger partial charge in [-0.1, -0.05) is 0 Å². The van der Waals surface area contributed by atoms with E-state index in [2.05, 4.69) is 79.9 Å². The van der Waals surface area contributed by atoms with Crippen molar-refractivity contribution in [1.82, 2.24) is 0 Å². The minimum atomic E-state index is -1.32. The molecule has 0 bridgehead atoms. The first kappa shape index (κ1) is 14.4. The van der Waals surface area contributed by atoms with Crippen LogP contribution in [0.25, 0.3) is 11.1 Å². The first-order valence-corrected chi connectivity index (χ1v) is 14.5. The molecule has 2 aromatic carbocycles. The quantitative estimate of drug-likeness (QED) is 0.638. The van der Waals surface area contributed by atoms with Crippen molar-refractivity contribution in [3.8, 4) is 11.1 Å². The van der Waals surface area contributed by atoms with Crippen LogP contribution in [0, 0.1) is 0 Å². The van der Waals surface area contributed by atoms with E-state index in [1.165, 1.54) is 17.5 Å². The molecule has 0 heterocycles. The van der Waals surface area contributed by atoms with Crippen molar-refractivity contribution in [2.75, 3.05) is 0 Å². The Labute approximate surface area is 139 Å². The van der Waals surface area contributed by atoms with Gasteiger partial charge in [0.2, 0.25) is 0 Å². The molecule has 2 aliphatic rings. The van der Waals surface area contributed by atoms with Gasteiger partial charge in [0.05, 0.1) is 0 Å². The van der Waals surface area contributed by atoms with Crippen LogP contribution in [0.5, 0.6) is 0 Å². The van der Waals surface area contributed by atoms with Gasteiger partial charge < -0.3 is 0 Å². The molecule has 22 heavy (non-hydrogen) atoms. The van der Waals surface area contributed by atoms with Crippen LogP contribution in [0.15, 0.2) is 70.6 Å². The minimum absolute atomic E-state index is 0.264. The third kappa shape index (κ3) is 2.23. The first-order chi connectivity index (χ1) is 10.8. The molecule has 0 aliphatic heterocycles. The Hall–Kier alpha value is -1.15. The Kier molecular flexibility index (Phi) is 3.81. The summed E-state index contributed by atoms with van der Waals surface area (Å²) < 4.78 is 2.51. The number of benzene rings is 2. The van der Waals surface area contributed by atoms with Crippen LogP contribution in [0.4, 0.5) is 0 Å². The topological polar surface area (TPSA) is 0 Å². The summed E-state index contributed by atoms with van der Waals surface area (Å²) in [5.41, 5.74) is 6.20. The molecule has 2 aliphatic carbocycles. The SMILES string of the molecule is C[Si](C)=[Ti]([C]1=CC=CC1)[CH]1c2ccccc2-c2ccccc21. The molecule has 0 atom stereocenters. The van der Waals surface area contributed by atoms with Gasteiger partial charge in [-0.2, -0.15) is 0 Å². The summed E-state index contributed by atoms with van der Waals surface area (Å²) in [7, 11) is 0. The fourth-order valence-electron chi connectivity index (χ4n) is 3.91. The Morgan fingerprint density at radius 1 is 0.909 bits per heavy atom. The molecule has 2 aromatic rings. The fourth-order valence-corrected chi connectivity index (χ4v) is 16.2. The van der Waals surface area contributed by atoms with Crippen molar-refractivity contribution in [2.24, 2.45) is 0 Å². The van der Waals surface area contributed by atoms with Crippen LogP contribution in [0.3, 0.4) is 0 Å². The van der Waals surface area contributed by atoms with E-state index in [0.717, 1.165) is 0 Å². The van der Waals surface area contributed by atoms with Crippen molar-refractivity contribution < 1.29 is 16.6 Å². The third-order valence-electron chi connectivity index (χ3n) is 4.78. The van der Waals surface area contributed by atoms with E-state index in [4.69, 9.17) is 0 Å². The molecule has 0 saturated heterocycles. The monoisotopic (exact) mass is 336 g/mol. The van der Waals surface area contributed by atoms with Gasteiger partial charge in [0, 0.05) is 0 Å². The molecule has 4 rings (SSSR count). The summed E-state index contributed by atoms with van der Waals surface area (Å²) in [6, 6.07) is 18.3. The summed E-state index contributed by atoms with van der Waals surface area (Å²) in [5.74, 6) is 0. The van der Waals surface area contributed by atoms with Gasteiger partial charge >= 0.3 is 139 Å². The predicted octanol–water partition coefficient (Wildman–Crippen LogP) is 5.47. The fraction of sp³-hybridized carbons (Fsp3) is 0.200. The van der Waals surface area contributed by atoms with Crippen LogP contribution in [-0.2, 0) is 16.6 Å². The number of fused-ring (bicyclic) bond motifs is 3. The maximum absolute atomic E-state index is 2.54. The molecular formula is C20H20SiTi. The summed E-state index contributed by atoms with van der Waals surface area (Å²) in [4.78, 5) is 0. The number of hydrogen-bond donors (Lipinski definition) is 0. The summed E-state index contributed by atoms with van der Waals surface area (Å²) in [6.07, 6.45) is 8.02. The van der Waals surface area contributed by atoms with E-state index >= 15 is 0 Å². The van der Waals surface area contributed by atoms with Crippen LogP contribution in [0.2, 0.25) is 13.1 Å². The Bertz CT molecular complexity index is 793. The zero-order valence-corrected chi connectivity index (χ0v) is 15.7. The van der Waals surface area contributed by atoms with E-state index in [0.29, 0.717) is 4.22 Å². The molecule has 0 unspecified atom stereocenters. The number of rotatable bonds is 2. The van der Waals surface area contributed by atoms with Crippen molar-refractivity contribution >= 4 is 6.19 Å². The molecule has 0 amide bonds. The van der Waals surface area contributed by atoms with Crippen LogP contribution >= 0.6 is 0 Å².